The third kappa shape index (κ3) is 1.04. The van der Waals surface area contributed by atoms with Crippen LogP contribution in [0.15, 0.2) is 22.7 Å². The molecule has 1 atom stereocenters. The second-order valence-electron chi connectivity index (χ2n) is 2.58. The van der Waals surface area contributed by atoms with Crippen LogP contribution in [0.25, 0.3) is 0 Å². The van der Waals surface area contributed by atoms with Crippen LogP contribution in [0.1, 0.15) is 11.6 Å². The maximum Gasteiger partial charge on any atom is 0.138 e. The fraction of sp³-hybridized carbons (Fsp3) is 0.250. The van der Waals surface area contributed by atoms with Gasteiger partial charge in [0.2, 0.25) is 0 Å². The predicted octanol–water partition coefficient (Wildman–Crippen LogP) is 1.84. The van der Waals surface area contributed by atoms with Crippen molar-refractivity contribution in [2.75, 3.05) is 6.61 Å². The lowest BCUT2D eigenvalue weighted by Crippen LogP contribution is -2.10. The molecule has 1 aromatic rings. The van der Waals surface area contributed by atoms with E-state index in [1.165, 1.54) is 0 Å². The highest BCUT2D eigenvalue weighted by Gasteiger charge is 2.21. The van der Waals surface area contributed by atoms with E-state index in [0.29, 0.717) is 6.61 Å². The number of hydrogen-bond acceptors (Lipinski definition) is 2. The number of nitrogens with two attached hydrogens (primary N) is 1. The van der Waals surface area contributed by atoms with Crippen molar-refractivity contribution < 1.29 is 4.74 Å². The summed E-state index contributed by atoms with van der Waals surface area (Å²) in [5.74, 6) is 0.903. The van der Waals surface area contributed by atoms with Gasteiger partial charge in [-0.05, 0) is 22.0 Å². The molecule has 0 aromatic heterocycles. The van der Waals surface area contributed by atoms with E-state index in [-0.39, 0.29) is 6.04 Å². The first kappa shape index (κ1) is 7.13. The number of fused-ring (bicyclic) bond motifs is 1. The minimum atomic E-state index is 0.0440. The molecule has 1 aliphatic rings. The van der Waals surface area contributed by atoms with E-state index in [1.54, 1.807) is 0 Å². The Labute approximate surface area is 73.5 Å². The topological polar surface area (TPSA) is 35.2 Å². The van der Waals surface area contributed by atoms with Crippen molar-refractivity contribution >= 4 is 15.9 Å². The van der Waals surface area contributed by atoms with E-state index >= 15 is 0 Å². The molecule has 1 heterocycles. The van der Waals surface area contributed by atoms with E-state index in [4.69, 9.17) is 10.5 Å². The van der Waals surface area contributed by atoms with Crippen LogP contribution >= 0.6 is 15.9 Å². The summed E-state index contributed by atoms with van der Waals surface area (Å²) < 4.78 is 6.36. The molecule has 2 N–H and O–H groups in total. The van der Waals surface area contributed by atoms with E-state index in [1.807, 2.05) is 18.2 Å². The van der Waals surface area contributed by atoms with Gasteiger partial charge < -0.3 is 10.5 Å². The van der Waals surface area contributed by atoms with Crippen LogP contribution in [-0.4, -0.2) is 6.61 Å². The molecular formula is C8H8BrNO. The van der Waals surface area contributed by atoms with Crippen molar-refractivity contribution in [2.24, 2.45) is 5.73 Å². The van der Waals surface area contributed by atoms with Crippen molar-refractivity contribution in [3.63, 3.8) is 0 Å². The molecule has 1 aliphatic heterocycles. The van der Waals surface area contributed by atoms with Crippen LogP contribution in [0.3, 0.4) is 0 Å². The predicted molar refractivity (Wildman–Crippen MR) is 46.6 cm³/mol. The molecule has 0 aliphatic carbocycles. The number of hydrogen-bond donors (Lipinski definition) is 1. The number of rotatable bonds is 0. The molecule has 1 unspecified atom stereocenters. The van der Waals surface area contributed by atoms with Crippen LogP contribution in [0.2, 0.25) is 0 Å². The Kier molecular flexibility index (Phi) is 1.62. The number of halogens is 1. The lowest BCUT2D eigenvalue weighted by Gasteiger charge is -2.00. The van der Waals surface area contributed by atoms with Crippen molar-refractivity contribution in [3.8, 4) is 5.75 Å². The molecule has 1 aromatic carbocycles. The summed E-state index contributed by atoms with van der Waals surface area (Å²) in [6.07, 6.45) is 0. The smallest absolute Gasteiger partial charge is 0.138 e. The van der Waals surface area contributed by atoms with Gasteiger partial charge in [-0.25, -0.2) is 0 Å². The van der Waals surface area contributed by atoms with Crippen LogP contribution in [-0.2, 0) is 0 Å². The van der Waals surface area contributed by atoms with Crippen molar-refractivity contribution in [1.29, 1.82) is 0 Å². The van der Waals surface area contributed by atoms with Crippen molar-refractivity contribution in [3.05, 3.63) is 28.2 Å². The van der Waals surface area contributed by atoms with Crippen molar-refractivity contribution in [1.82, 2.24) is 0 Å². The molecule has 2 rings (SSSR count). The number of benzene rings is 1. The van der Waals surface area contributed by atoms with Gasteiger partial charge in [0.15, 0.2) is 0 Å². The van der Waals surface area contributed by atoms with Gasteiger partial charge >= 0.3 is 0 Å². The molecule has 3 heteroatoms. The summed E-state index contributed by atoms with van der Waals surface area (Å²) in [7, 11) is 0. The molecule has 0 bridgehead atoms. The molecule has 0 spiro atoms. The monoisotopic (exact) mass is 213 g/mol. The first-order valence-corrected chi connectivity index (χ1v) is 4.25. The third-order valence-corrected chi connectivity index (χ3v) is 2.43. The molecular weight excluding hydrogens is 206 g/mol. The quantitative estimate of drug-likeness (QED) is 0.715. The largest absolute Gasteiger partial charge is 0.490 e. The van der Waals surface area contributed by atoms with Gasteiger partial charge in [0.05, 0.1) is 10.5 Å². The van der Waals surface area contributed by atoms with Gasteiger partial charge in [-0.1, -0.05) is 12.1 Å². The van der Waals surface area contributed by atoms with Crippen LogP contribution in [0, 0.1) is 0 Å². The van der Waals surface area contributed by atoms with Gasteiger partial charge in [-0.15, -0.1) is 0 Å². The van der Waals surface area contributed by atoms with Crippen LogP contribution in [0.4, 0.5) is 0 Å². The molecule has 0 amide bonds. The van der Waals surface area contributed by atoms with Gasteiger partial charge in [0.1, 0.15) is 12.4 Å². The zero-order valence-electron chi connectivity index (χ0n) is 5.88. The average Bonchev–Trinajstić information content (AvgIpc) is 2.35. The Morgan fingerprint density at radius 1 is 1.55 bits per heavy atom. The zero-order chi connectivity index (χ0) is 7.84. The summed E-state index contributed by atoms with van der Waals surface area (Å²) in [4.78, 5) is 0. The number of para-hydroxylation sites is 1. The summed E-state index contributed by atoms with van der Waals surface area (Å²) in [6.45, 7) is 0.595. The minimum absolute atomic E-state index is 0.0440. The average molecular weight is 214 g/mol. The Balaban J connectivity index is 2.57. The SMILES string of the molecule is NC1COc2c(Br)cccc21. The van der Waals surface area contributed by atoms with E-state index < -0.39 is 0 Å². The normalized spacial score (nSPS) is 21.1. The van der Waals surface area contributed by atoms with E-state index in [2.05, 4.69) is 15.9 Å². The lowest BCUT2D eigenvalue weighted by molar-refractivity contribution is 0.331. The Morgan fingerprint density at radius 3 is 3.09 bits per heavy atom. The standard InChI is InChI=1S/C8H8BrNO/c9-6-3-1-2-5-7(10)4-11-8(5)6/h1-3,7H,4,10H2. The highest BCUT2D eigenvalue weighted by Crippen LogP contribution is 2.36. The molecule has 0 fully saturated rings. The first-order chi connectivity index (χ1) is 5.29. The lowest BCUT2D eigenvalue weighted by atomic mass is 10.1. The van der Waals surface area contributed by atoms with Gasteiger partial charge in [-0.2, -0.15) is 0 Å². The highest BCUT2D eigenvalue weighted by atomic mass is 79.9. The van der Waals surface area contributed by atoms with Gasteiger partial charge in [0.25, 0.3) is 0 Å². The zero-order valence-corrected chi connectivity index (χ0v) is 7.47. The molecule has 11 heavy (non-hydrogen) atoms. The molecule has 0 saturated heterocycles. The fourth-order valence-corrected chi connectivity index (χ4v) is 1.73. The first-order valence-electron chi connectivity index (χ1n) is 3.46. The Morgan fingerprint density at radius 2 is 2.36 bits per heavy atom. The van der Waals surface area contributed by atoms with E-state index in [0.717, 1.165) is 15.8 Å². The van der Waals surface area contributed by atoms with Crippen molar-refractivity contribution in [2.45, 2.75) is 6.04 Å². The third-order valence-electron chi connectivity index (χ3n) is 1.80. The van der Waals surface area contributed by atoms with Crippen LogP contribution < -0.4 is 10.5 Å². The Hall–Kier alpha value is -0.540. The highest BCUT2D eigenvalue weighted by molar-refractivity contribution is 9.10. The fourth-order valence-electron chi connectivity index (χ4n) is 1.23. The number of ether oxygens (including phenoxy) is 1. The minimum Gasteiger partial charge on any atom is -0.490 e. The second-order valence-corrected chi connectivity index (χ2v) is 3.43. The second kappa shape index (κ2) is 2.50. The molecule has 2 nitrogen and oxygen atoms in total. The van der Waals surface area contributed by atoms with Gasteiger partial charge in [-0.3, -0.25) is 0 Å². The summed E-state index contributed by atoms with van der Waals surface area (Å²) in [6, 6.07) is 5.97. The van der Waals surface area contributed by atoms with E-state index in [9.17, 15) is 0 Å². The summed E-state index contributed by atoms with van der Waals surface area (Å²) in [5.41, 5.74) is 6.87. The summed E-state index contributed by atoms with van der Waals surface area (Å²) in [5, 5.41) is 0. The van der Waals surface area contributed by atoms with Gasteiger partial charge in [0, 0.05) is 5.56 Å². The maximum atomic E-state index is 5.77. The van der Waals surface area contributed by atoms with Crippen LogP contribution in [0.5, 0.6) is 5.75 Å². The maximum absolute atomic E-state index is 5.77. The molecule has 58 valence electrons. The summed E-state index contributed by atoms with van der Waals surface area (Å²) >= 11 is 3.39. The molecule has 0 saturated carbocycles. The molecule has 0 radical (unpaired) electrons. The Bertz CT molecular complexity index is 287.